The predicted molar refractivity (Wildman–Crippen MR) is 143 cm³/mol. The lowest BCUT2D eigenvalue weighted by Gasteiger charge is -2.14. The van der Waals surface area contributed by atoms with Crippen LogP contribution in [0.5, 0.6) is 5.75 Å². The summed E-state index contributed by atoms with van der Waals surface area (Å²) in [6.07, 6.45) is 0. The van der Waals surface area contributed by atoms with Gasteiger partial charge in [-0.25, -0.2) is 14.4 Å². The summed E-state index contributed by atoms with van der Waals surface area (Å²) in [5.41, 5.74) is 2.36. The van der Waals surface area contributed by atoms with Gasteiger partial charge in [-0.05, 0) is 62.5 Å². The van der Waals surface area contributed by atoms with Crippen molar-refractivity contribution in [1.82, 2.24) is 19.1 Å². The standard InChI is InChI=1S/C24H19FN4O2S4/c1-3-31-19-7-5-4-6-18(19)29-21-20(35-24(29)32)22(30)28(17-10-8-15(25)9-11-17)23(27-21)34-13-16-12-33-14(2)26-16/h4-12H,3,13H2,1-2H3. The van der Waals surface area contributed by atoms with Gasteiger partial charge in [-0.15, -0.1) is 11.3 Å². The first-order valence-electron chi connectivity index (χ1n) is 10.7. The predicted octanol–water partition coefficient (Wildman–Crippen LogP) is 6.56. The maximum absolute atomic E-state index is 13.8. The Hall–Kier alpha value is -2.86. The van der Waals surface area contributed by atoms with Gasteiger partial charge in [0.1, 0.15) is 16.3 Å². The van der Waals surface area contributed by atoms with Crippen molar-refractivity contribution in [3.05, 3.63) is 84.7 Å². The number of benzene rings is 2. The number of thiazole rings is 2. The number of halogens is 1. The fraction of sp³-hybridized carbons (Fsp3) is 0.167. The van der Waals surface area contributed by atoms with Gasteiger partial charge in [0.15, 0.2) is 14.8 Å². The Morgan fingerprint density at radius 1 is 1.11 bits per heavy atom. The van der Waals surface area contributed by atoms with Gasteiger partial charge in [-0.1, -0.05) is 35.2 Å². The molecular formula is C24H19FN4O2S4. The smallest absolute Gasteiger partial charge is 0.278 e. The first kappa shape index (κ1) is 23.9. The van der Waals surface area contributed by atoms with Crippen LogP contribution in [0.25, 0.3) is 21.7 Å². The number of nitrogens with zero attached hydrogens (tertiary/aromatic N) is 4. The van der Waals surface area contributed by atoms with Crippen LogP contribution < -0.4 is 10.3 Å². The molecule has 11 heteroatoms. The summed E-state index contributed by atoms with van der Waals surface area (Å²) in [4.78, 5) is 23.2. The first-order chi connectivity index (χ1) is 17.0. The van der Waals surface area contributed by atoms with Gasteiger partial charge in [0, 0.05) is 11.1 Å². The van der Waals surface area contributed by atoms with Crippen LogP contribution in [0.4, 0.5) is 4.39 Å². The third-order valence-corrected chi connectivity index (χ3v) is 8.23. The second-order valence-corrected chi connectivity index (χ2v) is 11.1. The lowest BCUT2D eigenvalue weighted by molar-refractivity contribution is 0.339. The van der Waals surface area contributed by atoms with Gasteiger partial charge < -0.3 is 4.74 Å². The number of fused-ring (bicyclic) bond motifs is 1. The molecule has 0 saturated carbocycles. The van der Waals surface area contributed by atoms with Crippen LogP contribution in [0.1, 0.15) is 17.6 Å². The highest BCUT2D eigenvalue weighted by Crippen LogP contribution is 2.32. The second kappa shape index (κ2) is 10.0. The molecule has 0 bridgehead atoms. The SMILES string of the molecule is CCOc1ccccc1-n1c(=S)sc2c(=O)n(-c3ccc(F)cc3)c(SCc3csc(C)n3)nc21. The molecule has 5 aromatic rings. The summed E-state index contributed by atoms with van der Waals surface area (Å²) in [5.74, 6) is 0.809. The molecule has 0 spiro atoms. The minimum Gasteiger partial charge on any atom is -0.492 e. The Labute approximate surface area is 217 Å². The Balaban J connectivity index is 1.74. The zero-order valence-corrected chi connectivity index (χ0v) is 22.0. The fourth-order valence-electron chi connectivity index (χ4n) is 3.60. The number of thioether (sulfide) groups is 1. The third-order valence-electron chi connectivity index (χ3n) is 5.08. The molecule has 178 valence electrons. The maximum Gasteiger partial charge on any atom is 0.278 e. The highest BCUT2D eigenvalue weighted by Gasteiger charge is 2.21. The van der Waals surface area contributed by atoms with Gasteiger partial charge in [0.25, 0.3) is 5.56 Å². The molecular weight excluding hydrogens is 524 g/mol. The maximum atomic E-state index is 13.8. The van der Waals surface area contributed by atoms with E-state index >= 15 is 0 Å². The molecule has 0 atom stereocenters. The second-order valence-electron chi connectivity index (χ2n) is 7.41. The highest BCUT2D eigenvalue weighted by molar-refractivity contribution is 7.98. The monoisotopic (exact) mass is 542 g/mol. The minimum atomic E-state index is -0.377. The Morgan fingerprint density at radius 2 is 1.89 bits per heavy atom. The van der Waals surface area contributed by atoms with E-state index in [0.717, 1.165) is 16.4 Å². The van der Waals surface area contributed by atoms with Crippen molar-refractivity contribution >= 4 is 57.0 Å². The zero-order chi connectivity index (χ0) is 24.5. The largest absolute Gasteiger partial charge is 0.492 e. The van der Waals surface area contributed by atoms with Crippen LogP contribution >= 0.6 is 46.7 Å². The molecule has 0 fully saturated rings. The van der Waals surface area contributed by atoms with E-state index in [1.165, 1.54) is 39.8 Å². The normalized spacial score (nSPS) is 11.3. The molecule has 0 aliphatic rings. The molecule has 0 N–H and O–H groups in total. The van der Waals surface area contributed by atoms with E-state index in [4.69, 9.17) is 21.9 Å². The van der Waals surface area contributed by atoms with E-state index in [9.17, 15) is 9.18 Å². The van der Waals surface area contributed by atoms with Crippen LogP contribution in [0.3, 0.4) is 0 Å². The molecule has 0 amide bonds. The summed E-state index contributed by atoms with van der Waals surface area (Å²) >= 11 is 9.84. The van der Waals surface area contributed by atoms with Crippen molar-refractivity contribution in [3.63, 3.8) is 0 Å². The van der Waals surface area contributed by atoms with E-state index in [1.807, 2.05) is 43.5 Å². The van der Waals surface area contributed by atoms with Crippen molar-refractivity contribution in [2.45, 2.75) is 24.8 Å². The average Bonchev–Trinajstić information content (AvgIpc) is 3.41. The molecule has 3 aromatic heterocycles. The molecule has 0 unspecified atom stereocenters. The molecule has 0 saturated heterocycles. The summed E-state index contributed by atoms with van der Waals surface area (Å²) < 4.78 is 23.6. The number of para-hydroxylation sites is 2. The van der Waals surface area contributed by atoms with E-state index in [-0.39, 0.29) is 11.4 Å². The molecule has 2 aromatic carbocycles. The topological polar surface area (TPSA) is 61.9 Å². The Bertz CT molecular complexity index is 1640. The van der Waals surface area contributed by atoms with Gasteiger partial charge in [0.2, 0.25) is 0 Å². The molecule has 0 aliphatic heterocycles. The van der Waals surface area contributed by atoms with Crippen molar-refractivity contribution in [2.24, 2.45) is 0 Å². The Kier molecular flexibility index (Phi) is 6.83. The van der Waals surface area contributed by atoms with E-state index in [2.05, 4.69) is 4.98 Å². The molecule has 5 rings (SSSR count). The van der Waals surface area contributed by atoms with Gasteiger partial charge >= 0.3 is 0 Å². The molecule has 6 nitrogen and oxygen atoms in total. The van der Waals surface area contributed by atoms with Crippen molar-refractivity contribution < 1.29 is 9.13 Å². The molecule has 0 aliphatic carbocycles. The van der Waals surface area contributed by atoms with E-state index < -0.39 is 0 Å². The fourth-order valence-corrected chi connectivity index (χ4v) is 6.50. The van der Waals surface area contributed by atoms with E-state index in [0.29, 0.717) is 43.3 Å². The number of aromatic nitrogens is 4. The average molecular weight is 543 g/mol. The number of hydrogen-bond donors (Lipinski definition) is 0. The summed E-state index contributed by atoms with van der Waals surface area (Å²) in [7, 11) is 0. The molecule has 3 heterocycles. The number of hydrogen-bond acceptors (Lipinski definition) is 8. The molecule has 0 radical (unpaired) electrons. The van der Waals surface area contributed by atoms with Crippen LogP contribution in [0.2, 0.25) is 0 Å². The Morgan fingerprint density at radius 3 is 2.60 bits per heavy atom. The quantitative estimate of drug-likeness (QED) is 0.132. The van der Waals surface area contributed by atoms with Gasteiger partial charge in [0.05, 0.1) is 28.7 Å². The summed E-state index contributed by atoms with van der Waals surface area (Å²) in [6.45, 7) is 4.36. The van der Waals surface area contributed by atoms with Crippen LogP contribution in [-0.4, -0.2) is 25.7 Å². The lowest BCUT2D eigenvalue weighted by Crippen LogP contribution is -2.21. The van der Waals surface area contributed by atoms with Crippen molar-refractivity contribution in [3.8, 4) is 17.1 Å². The van der Waals surface area contributed by atoms with Gasteiger partial charge in [-0.2, -0.15) is 0 Å². The van der Waals surface area contributed by atoms with Gasteiger partial charge in [-0.3, -0.25) is 13.9 Å². The van der Waals surface area contributed by atoms with Crippen LogP contribution in [0, 0.1) is 16.7 Å². The van der Waals surface area contributed by atoms with Crippen molar-refractivity contribution in [1.29, 1.82) is 0 Å². The molecule has 35 heavy (non-hydrogen) atoms. The zero-order valence-electron chi connectivity index (χ0n) is 18.7. The highest BCUT2D eigenvalue weighted by atomic mass is 32.2. The summed E-state index contributed by atoms with van der Waals surface area (Å²) in [5, 5.41) is 3.43. The number of ether oxygens (including phenoxy) is 1. The van der Waals surface area contributed by atoms with Crippen LogP contribution in [-0.2, 0) is 5.75 Å². The van der Waals surface area contributed by atoms with Crippen molar-refractivity contribution in [2.75, 3.05) is 6.61 Å². The number of rotatable bonds is 7. The first-order valence-corrected chi connectivity index (χ1v) is 13.8. The summed E-state index contributed by atoms with van der Waals surface area (Å²) in [6, 6.07) is 13.3. The minimum absolute atomic E-state index is 0.262. The lowest BCUT2D eigenvalue weighted by atomic mass is 10.3. The third kappa shape index (κ3) is 4.68. The number of aryl methyl sites for hydroxylation is 1. The van der Waals surface area contributed by atoms with E-state index in [1.54, 1.807) is 28.0 Å². The van der Waals surface area contributed by atoms with Crippen LogP contribution in [0.15, 0.2) is 63.9 Å².